The monoisotopic (exact) mass is 324 g/mol. The van der Waals surface area contributed by atoms with Crippen LogP contribution in [-0.4, -0.2) is 30.0 Å². The summed E-state index contributed by atoms with van der Waals surface area (Å²) in [6.07, 6.45) is 1.14. The number of nitrogens with one attached hydrogen (secondary N) is 1. The van der Waals surface area contributed by atoms with E-state index >= 15 is 0 Å². The molecule has 6 nitrogen and oxygen atoms in total. The number of pyridine rings is 1. The highest BCUT2D eigenvalue weighted by molar-refractivity contribution is 6.00. The zero-order valence-corrected chi connectivity index (χ0v) is 13.3. The zero-order chi connectivity index (χ0) is 16.5. The normalized spacial score (nSPS) is 21.2. The van der Waals surface area contributed by atoms with Crippen molar-refractivity contribution in [2.45, 2.75) is 25.0 Å². The minimum Gasteiger partial charge on any atom is -0.472 e. The van der Waals surface area contributed by atoms with Gasteiger partial charge >= 0.3 is 0 Å². The molecular formula is C18H20N4O2. The number of benzene rings is 1. The first kappa shape index (κ1) is 15.0. The molecule has 0 radical (unpaired) electrons. The van der Waals surface area contributed by atoms with Crippen LogP contribution in [0.4, 0.5) is 11.6 Å². The lowest BCUT2D eigenvalue weighted by Gasteiger charge is -2.40. The number of piperidine rings is 1. The second-order valence-corrected chi connectivity index (χ2v) is 6.16. The number of nitrogens with zero attached hydrogens (tertiary/aromatic N) is 2. The van der Waals surface area contributed by atoms with Crippen LogP contribution in [0.3, 0.4) is 0 Å². The highest BCUT2D eigenvalue weighted by Crippen LogP contribution is 2.40. The third-order valence-corrected chi connectivity index (χ3v) is 4.57. The van der Waals surface area contributed by atoms with E-state index in [0.29, 0.717) is 17.4 Å². The molecule has 0 spiro atoms. The van der Waals surface area contributed by atoms with Crippen molar-refractivity contribution >= 4 is 17.5 Å². The van der Waals surface area contributed by atoms with Crippen molar-refractivity contribution < 1.29 is 9.53 Å². The molecule has 3 heterocycles. The molecule has 1 saturated heterocycles. The SMILES string of the molecule is Nc1ccc2c(n1)N(C1CCNCC1)C(=O)C(c1ccccc1)O2. The molecule has 1 atom stereocenters. The Kier molecular flexibility index (Phi) is 3.82. The van der Waals surface area contributed by atoms with E-state index in [0.717, 1.165) is 31.5 Å². The third kappa shape index (κ3) is 2.59. The Morgan fingerprint density at radius 3 is 2.62 bits per heavy atom. The highest BCUT2D eigenvalue weighted by Gasteiger charge is 2.40. The van der Waals surface area contributed by atoms with Crippen LogP contribution < -0.4 is 20.7 Å². The van der Waals surface area contributed by atoms with Gasteiger partial charge in [0.25, 0.3) is 5.91 Å². The van der Waals surface area contributed by atoms with E-state index in [1.165, 1.54) is 0 Å². The second kappa shape index (κ2) is 6.13. The maximum Gasteiger partial charge on any atom is 0.274 e. The minimum atomic E-state index is -0.640. The standard InChI is InChI=1S/C18H20N4O2/c19-15-7-6-14-17(21-15)22(13-8-10-20-11-9-13)18(23)16(24-14)12-4-2-1-3-5-12/h1-7,13,16,20H,8-11H2,(H2,19,21). The average Bonchev–Trinajstić information content (AvgIpc) is 2.63. The second-order valence-electron chi connectivity index (χ2n) is 6.16. The number of anilines is 2. The molecule has 1 aromatic carbocycles. The number of carbonyl (C=O) groups is 1. The first-order valence-corrected chi connectivity index (χ1v) is 8.26. The Bertz CT molecular complexity index is 744. The molecule has 1 amide bonds. The van der Waals surface area contributed by atoms with E-state index in [9.17, 15) is 4.79 Å². The van der Waals surface area contributed by atoms with E-state index < -0.39 is 6.10 Å². The number of nitrogen functional groups attached to an aromatic ring is 1. The number of amides is 1. The molecule has 24 heavy (non-hydrogen) atoms. The van der Waals surface area contributed by atoms with E-state index in [4.69, 9.17) is 10.5 Å². The lowest BCUT2D eigenvalue weighted by molar-refractivity contribution is -0.127. The molecule has 2 aliphatic heterocycles. The highest BCUT2D eigenvalue weighted by atomic mass is 16.5. The largest absolute Gasteiger partial charge is 0.472 e. The molecular weight excluding hydrogens is 304 g/mol. The Labute approximate surface area is 140 Å². The van der Waals surface area contributed by atoms with Gasteiger partial charge in [0.2, 0.25) is 6.10 Å². The van der Waals surface area contributed by atoms with Gasteiger partial charge in [-0.1, -0.05) is 30.3 Å². The van der Waals surface area contributed by atoms with Crippen LogP contribution in [0.15, 0.2) is 42.5 Å². The number of ether oxygens (including phenoxy) is 1. The average molecular weight is 324 g/mol. The van der Waals surface area contributed by atoms with Crippen LogP contribution in [0.1, 0.15) is 24.5 Å². The summed E-state index contributed by atoms with van der Waals surface area (Å²) in [5.74, 6) is 1.47. The van der Waals surface area contributed by atoms with Gasteiger partial charge in [0.1, 0.15) is 5.82 Å². The lowest BCUT2D eigenvalue weighted by Crippen LogP contribution is -2.51. The van der Waals surface area contributed by atoms with Crippen molar-refractivity contribution in [1.82, 2.24) is 10.3 Å². The van der Waals surface area contributed by atoms with Crippen LogP contribution in [-0.2, 0) is 4.79 Å². The van der Waals surface area contributed by atoms with E-state index in [2.05, 4.69) is 10.3 Å². The Morgan fingerprint density at radius 2 is 1.88 bits per heavy atom. The topological polar surface area (TPSA) is 80.5 Å². The van der Waals surface area contributed by atoms with Crippen molar-refractivity contribution in [3.05, 3.63) is 48.0 Å². The number of rotatable bonds is 2. The summed E-state index contributed by atoms with van der Waals surface area (Å²) in [5, 5.41) is 3.33. The van der Waals surface area contributed by atoms with E-state index in [1.54, 1.807) is 17.0 Å². The van der Waals surface area contributed by atoms with Crippen LogP contribution in [0.25, 0.3) is 0 Å². The molecule has 6 heteroatoms. The fourth-order valence-electron chi connectivity index (χ4n) is 3.38. The van der Waals surface area contributed by atoms with Gasteiger partial charge in [-0.05, 0) is 38.1 Å². The molecule has 1 aromatic heterocycles. The van der Waals surface area contributed by atoms with Crippen molar-refractivity contribution in [3.8, 4) is 5.75 Å². The van der Waals surface area contributed by atoms with Crippen molar-refractivity contribution in [2.24, 2.45) is 0 Å². The number of carbonyl (C=O) groups excluding carboxylic acids is 1. The fourth-order valence-corrected chi connectivity index (χ4v) is 3.38. The minimum absolute atomic E-state index is 0.0706. The first-order valence-electron chi connectivity index (χ1n) is 8.26. The quantitative estimate of drug-likeness (QED) is 0.882. The van der Waals surface area contributed by atoms with Gasteiger partial charge in [-0.15, -0.1) is 0 Å². The molecule has 0 saturated carbocycles. The summed E-state index contributed by atoms with van der Waals surface area (Å²) in [5.41, 5.74) is 6.70. The zero-order valence-electron chi connectivity index (χ0n) is 13.3. The smallest absolute Gasteiger partial charge is 0.274 e. The molecule has 0 bridgehead atoms. The molecule has 2 aliphatic rings. The van der Waals surface area contributed by atoms with Gasteiger partial charge in [-0.2, -0.15) is 0 Å². The third-order valence-electron chi connectivity index (χ3n) is 4.57. The van der Waals surface area contributed by atoms with Crippen LogP contribution >= 0.6 is 0 Å². The predicted octanol–water partition coefficient (Wildman–Crippen LogP) is 1.88. The Hall–Kier alpha value is -2.60. The van der Waals surface area contributed by atoms with Crippen LogP contribution in [0, 0.1) is 0 Å². The van der Waals surface area contributed by atoms with Crippen LogP contribution in [0.5, 0.6) is 5.75 Å². The molecule has 1 unspecified atom stereocenters. The molecule has 2 aromatic rings. The van der Waals surface area contributed by atoms with Gasteiger partial charge in [0.05, 0.1) is 0 Å². The van der Waals surface area contributed by atoms with Gasteiger partial charge < -0.3 is 15.8 Å². The number of hydrogen-bond donors (Lipinski definition) is 2. The number of hydrogen-bond acceptors (Lipinski definition) is 5. The van der Waals surface area contributed by atoms with Gasteiger partial charge in [0.15, 0.2) is 11.6 Å². The summed E-state index contributed by atoms with van der Waals surface area (Å²) in [6, 6.07) is 13.2. The first-order chi connectivity index (χ1) is 11.7. The van der Waals surface area contributed by atoms with Crippen molar-refractivity contribution in [2.75, 3.05) is 23.7 Å². The summed E-state index contributed by atoms with van der Waals surface area (Å²) >= 11 is 0. The van der Waals surface area contributed by atoms with Crippen molar-refractivity contribution in [3.63, 3.8) is 0 Å². The van der Waals surface area contributed by atoms with Crippen LogP contribution in [0.2, 0.25) is 0 Å². The summed E-state index contributed by atoms with van der Waals surface area (Å²) < 4.78 is 5.98. The summed E-state index contributed by atoms with van der Waals surface area (Å²) in [6.45, 7) is 1.78. The number of fused-ring (bicyclic) bond motifs is 1. The maximum atomic E-state index is 13.2. The predicted molar refractivity (Wildman–Crippen MR) is 91.8 cm³/mol. The van der Waals surface area contributed by atoms with E-state index in [1.807, 2.05) is 30.3 Å². The molecule has 1 fully saturated rings. The number of aromatic nitrogens is 1. The summed E-state index contributed by atoms with van der Waals surface area (Å²) in [7, 11) is 0. The van der Waals surface area contributed by atoms with Gasteiger partial charge in [-0.25, -0.2) is 4.98 Å². The number of nitrogens with two attached hydrogens (primary N) is 1. The molecule has 124 valence electrons. The molecule has 4 rings (SSSR count). The molecule has 3 N–H and O–H groups in total. The van der Waals surface area contributed by atoms with Crippen molar-refractivity contribution in [1.29, 1.82) is 0 Å². The summed E-state index contributed by atoms with van der Waals surface area (Å²) in [4.78, 5) is 19.4. The van der Waals surface area contributed by atoms with E-state index in [-0.39, 0.29) is 11.9 Å². The fraction of sp³-hybridized carbons (Fsp3) is 0.333. The van der Waals surface area contributed by atoms with Gasteiger partial charge in [-0.3, -0.25) is 9.69 Å². The molecule has 0 aliphatic carbocycles. The Balaban J connectivity index is 1.77. The van der Waals surface area contributed by atoms with Gasteiger partial charge in [0, 0.05) is 11.6 Å². The maximum absolute atomic E-state index is 13.2. The Morgan fingerprint density at radius 1 is 1.12 bits per heavy atom. The lowest BCUT2D eigenvalue weighted by atomic mass is 10.0.